The van der Waals surface area contributed by atoms with Crippen molar-refractivity contribution in [3.63, 3.8) is 0 Å². The Hall–Kier alpha value is -2.23. The number of fused-ring (bicyclic) bond motifs is 1. The number of carbonyl (C=O) groups is 1. The summed E-state index contributed by atoms with van der Waals surface area (Å²) in [6, 6.07) is 7.41. The molecule has 6 nitrogen and oxygen atoms in total. The van der Waals surface area contributed by atoms with Crippen LogP contribution in [0.5, 0.6) is 0 Å². The lowest BCUT2D eigenvalue weighted by Crippen LogP contribution is -2.14. The van der Waals surface area contributed by atoms with Crippen LogP contribution >= 0.6 is 38.6 Å². The highest BCUT2D eigenvalue weighted by molar-refractivity contribution is 9.11. The summed E-state index contributed by atoms with van der Waals surface area (Å²) in [6.07, 6.45) is 1.68. The molecule has 0 spiro atoms. The predicted molar refractivity (Wildman–Crippen MR) is 98.4 cm³/mol. The predicted octanol–water partition coefficient (Wildman–Crippen LogP) is 4.22. The fourth-order valence-corrected chi connectivity index (χ4v) is 3.91. The number of amides is 1. The van der Waals surface area contributed by atoms with E-state index in [1.165, 1.54) is 22.7 Å². The van der Waals surface area contributed by atoms with Gasteiger partial charge in [0, 0.05) is 6.20 Å². The van der Waals surface area contributed by atoms with E-state index in [0.717, 1.165) is 10.2 Å². The molecule has 0 atom stereocenters. The molecular weight excluding hydrogens is 410 g/mol. The van der Waals surface area contributed by atoms with E-state index in [-0.39, 0.29) is 5.91 Å². The van der Waals surface area contributed by atoms with Gasteiger partial charge in [-0.15, -0.1) is 22.7 Å². The average molecular weight is 418 g/mol. The molecule has 0 aromatic carbocycles. The summed E-state index contributed by atoms with van der Waals surface area (Å²) in [6.45, 7) is 0. The molecule has 0 fully saturated rings. The first kappa shape index (κ1) is 15.3. The summed E-state index contributed by atoms with van der Waals surface area (Å²) in [5, 5.41) is 5.53. The number of rotatable bonds is 3. The third-order valence-electron chi connectivity index (χ3n) is 3.19. The first-order valence-corrected chi connectivity index (χ1v) is 9.34. The van der Waals surface area contributed by atoms with Gasteiger partial charge in [-0.05, 0) is 39.5 Å². The second-order valence-electron chi connectivity index (χ2n) is 4.68. The molecule has 0 bridgehead atoms. The lowest BCUT2D eigenvalue weighted by atomic mass is 10.3. The third kappa shape index (κ3) is 2.81. The van der Waals surface area contributed by atoms with Crippen molar-refractivity contribution in [3.05, 3.63) is 50.8 Å². The number of halogens is 1. The van der Waals surface area contributed by atoms with E-state index in [1.54, 1.807) is 11.7 Å². The standard InChI is InChI=1S/C15H8BrN5OS2/c16-11-10(18-7-24-11)14(22)20-12-8-4-6-23-15(8)21-13(19-12)9-3-1-2-5-17-9/h1-7H,(H,19,20,21,22). The molecule has 0 aliphatic heterocycles. The lowest BCUT2D eigenvalue weighted by Gasteiger charge is -2.07. The number of pyridine rings is 1. The van der Waals surface area contributed by atoms with Crippen LogP contribution in [-0.2, 0) is 0 Å². The van der Waals surface area contributed by atoms with E-state index in [4.69, 9.17) is 0 Å². The van der Waals surface area contributed by atoms with Crippen molar-refractivity contribution in [2.75, 3.05) is 5.32 Å². The van der Waals surface area contributed by atoms with E-state index < -0.39 is 0 Å². The Balaban J connectivity index is 1.78. The van der Waals surface area contributed by atoms with Crippen LogP contribution in [0, 0.1) is 0 Å². The zero-order valence-electron chi connectivity index (χ0n) is 11.9. The Labute approximate surface area is 152 Å². The topological polar surface area (TPSA) is 80.7 Å². The molecule has 4 rings (SSSR count). The molecule has 0 aliphatic carbocycles. The van der Waals surface area contributed by atoms with Crippen molar-refractivity contribution in [1.82, 2.24) is 19.9 Å². The van der Waals surface area contributed by atoms with E-state index in [0.29, 0.717) is 26.8 Å². The molecule has 118 valence electrons. The molecule has 4 heterocycles. The molecular formula is C15H8BrN5OS2. The normalized spacial score (nSPS) is 10.9. The van der Waals surface area contributed by atoms with Crippen LogP contribution in [0.1, 0.15) is 10.5 Å². The Morgan fingerprint density at radius 1 is 1.12 bits per heavy atom. The Morgan fingerprint density at radius 3 is 2.79 bits per heavy atom. The fourth-order valence-electron chi connectivity index (χ4n) is 2.11. The zero-order valence-corrected chi connectivity index (χ0v) is 15.2. The molecule has 1 amide bonds. The van der Waals surface area contributed by atoms with Gasteiger partial charge in [0.2, 0.25) is 0 Å². The number of hydrogen-bond acceptors (Lipinski definition) is 7. The van der Waals surface area contributed by atoms with Crippen LogP contribution in [0.3, 0.4) is 0 Å². The van der Waals surface area contributed by atoms with Gasteiger partial charge in [-0.3, -0.25) is 9.78 Å². The third-order valence-corrected chi connectivity index (χ3v) is 5.54. The zero-order chi connectivity index (χ0) is 16.5. The van der Waals surface area contributed by atoms with Crippen molar-refractivity contribution < 1.29 is 4.79 Å². The summed E-state index contributed by atoms with van der Waals surface area (Å²) in [5.74, 6) is 0.603. The van der Waals surface area contributed by atoms with Gasteiger partial charge in [-0.1, -0.05) is 6.07 Å². The molecule has 0 radical (unpaired) electrons. The molecule has 1 N–H and O–H groups in total. The number of thiophene rings is 1. The molecule has 0 saturated carbocycles. The minimum atomic E-state index is -0.318. The number of nitrogens with zero attached hydrogens (tertiary/aromatic N) is 4. The van der Waals surface area contributed by atoms with Crippen LogP contribution in [0.15, 0.2) is 45.1 Å². The smallest absolute Gasteiger partial charge is 0.277 e. The summed E-state index contributed by atoms with van der Waals surface area (Å²) < 4.78 is 0.681. The van der Waals surface area contributed by atoms with Crippen molar-refractivity contribution in [2.24, 2.45) is 0 Å². The molecule has 4 aromatic rings. The Morgan fingerprint density at radius 2 is 2.04 bits per heavy atom. The summed E-state index contributed by atoms with van der Waals surface area (Å²) in [5.41, 5.74) is 2.60. The van der Waals surface area contributed by atoms with Gasteiger partial charge in [0.25, 0.3) is 5.91 Å². The number of thiazole rings is 1. The SMILES string of the molecule is O=C(Nc1nc(-c2ccccn2)nc2sccc12)c1ncsc1Br. The van der Waals surface area contributed by atoms with Gasteiger partial charge in [-0.25, -0.2) is 15.0 Å². The lowest BCUT2D eigenvalue weighted by molar-refractivity contribution is 0.102. The average Bonchev–Trinajstić information content (AvgIpc) is 3.24. The molecule has 0 saturated heterocycles. The summed E-state index contributed by atoms with van der Waals surface area (Å²) in [7, 11) is 0. The van der Waals surface area contributed by atoms with Crippen LogP contribution < -0.4 is 5.32 Å². The Kier molecular flexibility index (Phi) is 4.05. The number of anilines is 1. The van der Waals surface area contributed by atoms with Crippen molar-refractivity contribution >= 4 is 60.5 Å². The number of carbonyl (C=O) groups excluding carboxylic acids is 1. The molecule has 24 heavy (non-hydrogen) atoms. The highest BCUT2D eigenvalue weighted by Gasteiger charge is 2.17. The van der Waals surface area contributed by atoms with Gasteiger partial charge in [-0.2, -0.15) is 0 Å². The van der Waals surface area contributed by atoms with Gasteiger partial charge in [0.1, 0.15) is 20.1 Å². The number of hydrogen-bond donors (Lipinski definition) is 1. The molecule has 0 unspecified atom stereocenters. The fraction of sp³-hybridized carbons (Fsp3) is 0. The minimum absolute atomic E-state index is 0.318. The first-order chi connectivity index (χ1) is 11.7. The molecule has 4 aromatic heterocycles. The largest absolute Gasteiger partial charge is 0.304 e. The molecule has 9 heteroatoms. The summed E-state index contributed by atoms with van der Waals surface area (Å²) >= 11 is 6.17. The van der Waals surface area contributed by atoms with Gasteiger partial charge < -0.3 is 5.32 Å². The quantitative estimate of drug-likeness (QED) is 0.539. The second kappa shape index (κ2) is 6.34. The van der Waals surface area contributed by atoms with Crippen molar-refractivity contribution in [3.8, 4) is 11.5 Å². The van der Waals surface area contributed by atoms with Gasteiger partial charge in [0.05, 0.1) is 10.9 Å². The van der Waals surface area contributed by atoms with Crippen LogP contribution in [0.2, 0.25) is 0 Å². The molecule has 0 aliphatic rings. The van der Waals surface area contributed by atoms with Crippen LogP contribution in [-0.4, -0.2) is 25.8 Å². The van der Waals surface area contributed by atoms with E-state index in [9.17, 15) is 4.79 Å². The highest BCUT2D eigenvalue weighted by atomic mass is 79.9. The number of nitrogens with one attached hydrogen (secondary N) is 1. The first-order valence-electron chi connectivity index (χ1n) is 6.79. The maximum Gasteiger partial charge on any atom is 0.277 e. The van der Waals surface area contributed by atoms with Crippen LogP contribution in [0.4, 0.5) is 5.82 Å². The second-order valence-corrected chi connectivity index (χ2v) is 7.75. The van der Waals surface area contributed by atoms with E-state index in [1.807, 2.05) is 29.6 Å². The maximum atomic E-state index is 12.4. The van der Waals surface area contributed by atoms with Gasteiger partial charge in [0.15, 0.2) is 11.5 Å². The monoisotopic (exact) mass is 417 g/mol. The van der Waals surface area contributed by atoms with E-state index in [2.05, 4.69) is 41.2 Å². The number of aromatic nitrogens is 4. The van der Waals surface area contributed by atoms with E-state index >= 15 is 0 Å². The van der Waals surface area contributed by atoms with Crippen molar-refractivity contribution in [2.45, 2.75) is 0 Å². The maximum absolute atomic E-state index is 12.4. The summed E-state index contributed by atoms with van der Waals surface area (Å²) in [4.78, 5) is 30.6. The highest BCUT2D eigenvalue weighted by Crippen LogP contribution is 2.29. The van der Waals surface area contributed by atoms with Gasteiger partial charge >= 0.3 is 0 Å². The Bertz CT molecular complexity index is 1030. The van der Waals surface area contributed by atoms with Crippen LogP contribution in [0.25, 0.3) is 21.7 Å². The minimum Gasteiger partial charge on any atom is -0.304 e. The van der Waals surface area contributed by atoms with Crippen molar-refractivity contribution in [1.29, 1.82) is 0 Å².